The van der Waals surface area contributed by atoms with Crippen LogP contribution in [0.1, 0.15) is 55.7 Å². The Bertz CT molecular complexity index is 587. The van der Waals surface area contributed by atoms with E-state index in [-0.39, 0.29) is 6.04 Å². The molecule has 0 saturated carbocycles. The lowest BCUT2D eigenvalue weighted by Gasteiger charge is -2.12. The molecule has 2 aromatic rings. The van der Waals surface area contributed by atoms with E-state index in [1.54, 1.807) is 0 Å². The van der Waals surface area contributed by atoms with E-state index in [0.717, 1.165) is 36.0 Å². The van der Waals surface area contributed by atoms with Crippen molar-refractivity contribution in [2.45, 2.75) is 52.6 Å². The zero-order chi connectivity index (χ0) is 15.4. The van der Waals surface area contributed by atoms with Crippen LogP contribution in [0.3, 0.4) is 0 Å². The Labute approximate surface area is 135 Å². The van der Waals surface area contributed by atoms with Gasteiger partial charge in [-0.15, -0.1) is 0 Å². The van der Waals surface area contributed by atoms with Gasteiger partial charge in [0.25, 0.3) is 0 Å². The van der Waals surface area contributed by atoms with Crippen LogP contribution >= 0.6 is 15.9 Å². The standard InChI is InChI=1S/C17H24BrN3/c1-4-14(19)17-15(5-2)20-21(16(17)6-3)11-12-7-9-13(18)10-8-12/h7-10,14H,4-6,11,19H2,1-3H3. The topological polar surface area (TPSA) is 43.8 Å². The van der Waals surface area contributed by atoms with Crippen LogP contribution in [0.25, 0.3) is 0 Å². The van der Waals surface area contributed by atoms with E-state index in [2.05, 4.69) is 65.6 Å². The number of aromatic nitrogens is 2. The van der Waals surface area contributed by atoms with Crippen molar-refractivity contribution in [3.63, 3.8) is 0 Å². The van der Waals surface area contributed by atoms with Crippen LogP contribution in [0.15, 0.2) is 28.7 Å². The minimum Gasteiger partial charge on any atom is -0.324 e. The average Bonchev–Trinajstić information content (AvgIpc) is 2.86. The Morgan fingerprint density at radius 3 is 2.33 bits per heavy atom. The lowest BCUT2D eigenvalue weighted by molar-refractivity contribution is 0.632. The quantitative estimate of drug-likeness (QED) is 0.847. The summed E-state index contributed by atoms with van der Waals surface area (Å²) in [6, 6.07) is 8.51. The second kappa shape index (κ2) is 7.23. The summed E-state index contributed by atoms with van der Waals surface area (Å²) in [7, 11) is 0. The van der Waals surface area contributed by atoms with Crippen molar-refractivity contribution in [2.75, 3.05) is 0 Å². The number of aryl methyl sites for hydroxylation is 1. The largest absolute Gasteiger partial charge is 0.324 e. The highest BCUT2D eigenvalue weighted by Crippen LogP contribution is 2.25. The van der Waals surface area contributed by atoms with Crippen LogP contribution in [0.2, 0.25) is 0 Å². The summed E-state index contributed by atoms with van der Waals surface area (Å²) in [5, 5.41) is 4.81. The van der Waals surface area contributed by atoms with E-state index in [1.807, 2.05) is 0 Å². The summed E-state index contributed by atoms with van der Waals surface area (Å²) in [5.41, 5.74) is 11.3. The number of halogens is 1. The van der Waals surface area contributed by atoms with Crippen LogP contribution in [0, 0.1) is 0 Å². The molecule has 3 nitrogen and oxygen atoms in total. The van der Waals surface area contributed by atoms with Gasteiger partial charge < -0.3 is 5.73 Å². The molecular formula is C17H24BrN3. The molecule has 0 aliphatic carbocycles. The third-order valence-electron chi connectivity index (χ3n) is 3.90. The molecule has 1 atom stereocenters. The maximum Gasteiger partial charge on any atom is 0.0672 e. The predicted octanol–water partition coefficient (Wildman–Crippen LogP) is 4.23. The molecule has 2 N–H and O–H groups in total. The minimum absolute atomic E-state index is 0.0913. The van der Waals surface area contributed by atoms with Crippen LogP contribution in [-0.2, 0) is 19.4 Å². The Morgan fingerprint density at radius 1 is 1.14 bits per heavy atom. The minimum atomic E-state index is 0.0913. The molecule has 0 spiro atoms. The van der Waals surface area contributed by atoms with Crippen molar-refractivity contribution in [2.24, 2.45) is 5.73 Å². The Morgan fingerprint density at radius 2 is 1.81 bits per heavy atom. The van der Waals surface area contributed by atoms with Crippen molar-refractivity contribution in [3.05, 3.63) is 51.3 Å². The highest BCUT2D eigenvalue weighted by Gasteiger charge is 2.19. The monoisotopic (exact) mass is 349 g/mol. The van der Waals surface area contributed by atoms with Crippen LogP contribution in [0.5, 0.6) is 0 Å². The first-order chi connectivity index (χ1) is 10.1. The Balaban J connectivity index is 2.39. The van der Waals surface area contributed by atoms with E-state index in [0.29, 0.717) is 0 Å². The summed E-state index contributed by atoms with van der Waals surface area (Å²) in [6.45, 7) is 7.27. The van der Waals surface area contributed by atoms with Gasteiger partial charge in [-0.1, -0.05) is 48.8 Å². The number of rotatable bonds is 6. The maximum absolute atomic E-state index is 6.31. The first kappa shape index (κ1) is 16.2. The van der Waals surface area contributed by atoms with E-state index in [4.69, 9.17) is 10.8 Å². The summed E-state index contributed by atoms with van der Waals surface area (Å²) in [6.07, 6.45) is 2.85. The number of hydrogen-bond acceptors (Lipinski definition) is 2. The summed E-state index contributed by atoms with van der Waals surface area (Å²) in [4.78, 5) is 0. The molecule has 1 aromatic heterocycles. The van der Waals surface area contributed by atoms with E-state index < -0.39 is 0 Å². The van der Waals surface area contributed by atoms with Gasteiger partial charge in [-0.3, -0.25) is 4.68 Å². The number of nitrogens with two attached hydrogens (primary N) is 1. The Kier molecular flexibility index (Phi) is 5.59. The molecule has 2 rings (SSSR count). The van der Waals surface area contributed by atoms with E-state index in [1.165, 1.54) is 16.8 Å². The van der Waals surface area contributed by atoms with Crippen molar-refractivity contribution in [1.29, 1.82) is 0 Å². The molecule has 0 bridgehead atoms. The fraction of sp³-hybridized carbons (Fsp3) is 0.471. The molecule has 0 saturated heterocycles. The highest BCUT2D eigenvalue weighted by molar-refractivity contribution is 9.10. The molecule has 0 amide bonds. The Hall–Kier alpha value is -1.13. The van der Waals surface area contributed by atoms with Crippen molar-refractivity contribution in [3.8, 4) is 0 Å². The molecule has 1 heterocycles. The van der Waals surface area contributed by atoms with Gasteiger partial charge in [0, 0.05) is 21.8 Å². The van der Waals surface area contributed by atoms with Crippen LogP contribution in [0.4, 0.5) is 0 Å². The summed E-state index contributed by atoms with van der Waals surface area (Å²) < 4.78 is 3.23. The first-order valence-corrected chi connectivity index (χ1v) is 8.48. The van der Waals surface area contributed by atoms with Crippen molar-refractivity contribution >= 4 is 15.9 Å². The van der Waals surface area contributed by atoms with Crippen LogP contribution < -0.4 is 5.73 Å². The third kappa shape index (κ3) is 3.55. The van der Waals surface area contributed by atoms with Crippen molar-refractivity contribution < 1.29 is 0 Å². The molecular weight excluding hydrogens is 326 g/mol. The molecule has 0 aliphatic heterocycles. The normalized spacial score (nSPS) is 12.6. The third-order valence-corrected chi connectivity index (χ3v) is 4.43. The van der Waals surface area contributed by atoms with Crippen molar-refractivity contribution in [1.82, 2.24) is 9.78 Å². The second-order valence-electron chi connectivity index (χ2n) is 5.31. The van der Waals surface area contributed by atoms with Crippen LogP contribution in [-0.4, -0.2) is 9.78 Å². The molecule has 21 heavy (non-hydrogen) atoms. The highest BCUT2D eigenvalue weighted by atomic mass is 79.9. The zero-order valence-corrected chi connectivity index (χ0v) is 14.7. The van der Waals surface area contributed by atoms with Gasteiger partial charge in [-0.2, -0.15) is 5.10 Å². The van der Waals surface area contributed by atoms with E-state index >= 15 is 0 Å². The lowest BCUT2D eigenvalue weighted by atomic mass is 10.00. The molecule has 4 heteroatoms. The molecule has 0 fully saturated rings. The van der Waals surface area contributed by atoms with Gasteiger partial charge in [0.05, 0.1) is 12.2 Å². The molecule has 1 unspecified atom stereocenters. The zero-order valence-electron chi connectivity index (χ0n) is 13.1. The van der Waals surface area contributed by atoms with E-state index in [9.17, 15) is 0 Å². The van der Waals surface area contributed by atoms with Gasteiger partial charge in [-0.25, -0.2) is 0 Å². The predicted molar refractivity (Wildman–Crippen MR) is 91.4 cm³/mol. The first-order valence-electron chi connectivity index (χ1n) is 7.69. The molecule has 0 aliphatic rings. The maximum atomic E-state index is 6.31. The number of benzene rings is 1. The fourth-order valence-electron chi connectivity index (χ4n) is 2.73. The molecule has 114 valence electrons. The van der Waals surface area contributed by atoms with Gasteiger partial charge in [0.1, 0.15) is 0 Å². The SMILES string of the molecule is CCc1nn(Cc2ccc(Br)cc2)c(CC)c1C(N)CC. The number of hydrogen-bond donors (Lipinski definition) is 1. The van der Waals surface area contributed by atoms with Gasteiger partial charge >= 0.3 is 0 Å². The second-order valence-corrected chi connectivity index (χ2v) is 6.23. The lowest BCUT2D eigenvalue weighted by Crippen LogP contribution is -2.13. The van der Waals surface area contributed by atoms with Gasteiger partial charge in [0.2, 0.25) is 0 Å². The smallest absolute Gasteiger partial charge is 0.0672 e. The molecule has 1 aromatic carbocycles. The fourth-order valence-corrected chi connectivity index (χ4v) is 2.99. The average molecular weight is 350 g/mol. The number of nitrogens with zero attached hydrogens (tertiary/aromatic N) is 2. The van der Waals surface area contributed by atoms with Gasteiger partial charge in [0.15, 0.2) is 0 Å². The van der Waals surface area contributed by atoms with Gasteiger partial charge in [-0.05, 0) is 37.0 Å². The molecule has 0 radical (unpaired) electrons. The summed E-state index contributed by atoms with van der Waals surface area (Å²) >= 11 is 3.48. The summed E-state index contributed by atoms with van der Waals surface area (Å²) in [5.74, 6) is 0.